The first-order chi connectivity index (χ1) is 12.3. The van der Waals surface area contributed by atoms with Gasteiger partial charge in [-0.3, -0.25) is 9.78 Å². The minimum atomic E-state index is 0.407. The molecule has 2 unspecified atom stereocenters. The fraction of sp³-hybridized carbons (Fsp3) is 0.529. The van der Waals surface area contributed by atoms with Crippen molar-refractivity contribution < 1.29 is 4.74 Å². The lowest BCUT2D eigenvalue weighted by molar-refractivity contribution is 0.0662. The summed E-state index contributed by atoms with van der Waals surface area (Å²) in [5, 5.41) is 15.0. The van der Waals surface area contributed by atoms with Crippen LogP contribution in [0.3, 0.4) is 0 Å². The summed E-state index contributed by atoms with van der Waals surface area (Å²) in [7, 11) is 0. The van der Waals surface area contributed by atoms with Crippen LogP contribution in [0.1, 0.15) is 44.0 Å². The molecule has 3 aromatic heterocycles. The van der Waals surface area contributed by atoms with Crippen molar-refractivity contribution in [2.24, 2.45) is 5.92 Å². The van der Waals surface area contributed by atoms with Crippen molar-refractivity contribution >= 4 is 22.5 Å². The molecule has 130 valence electrons. The van der Waals surface area contributed by atoms with Gasteiger partial charge in [-0.15, -0.1) is 0 Å². The molecule has 0 spiro atoms. The number of hydrogen-bond acceptors (Lipinski definition) is 6. The fourth-order valence-electron chi connectivity index (χ4n) is 3.48. The monoisotopic (exact) mass is 339 g/mol. The summed E-state index contributed by atoms with van der Waals surface area (Å²) in [6.07, 6.45) is 8.81. The third-order valence-electron chi connectivity index (χ3n) is 5.19. The average molecular weight is 339 g/mol. The topological polar surface area (TPSA) is 93.5 Å². The molecular formula is C17H21N7O. The molecule has 0 radical (unpaired) electrons. The Balaban J connectivity index is 1.43. The summed E-state index contributed by atoms with van der Waals surface area (Å²) < 4.78 is 7.46. The van der Waals surface area contributed by atoms with E-state index in [4.69, 9.17) is 9.72 Å². The maximum Gasteiger partial charge on any atom is 0.160 e. The van der Waals surface area contributed by atoms with Crippen LogP contribution in [0, 0.1) is 5.92 Å². The summed E-state index contributed by atoms with van der Waals surface area (Å²) in [5.74, 6) is 2.79. The van der Waals surface area contributed by atoms with Gasteiger partial charge in [0.15, 0.2) is 5.82 Å². The van der Waals surface area contributed by atoms with Gasteiger partial charge in [-0.2, -0.15) is 10.2 Å². The van der Waals surface area contributed by atoms with E-state index in [1.165, 1.54) is 0 Å². The summed E-state index contributed by atoms with van der Waals surface area (Å²) in [6.45, 7) is 3.84. The van der Waals surface area contributed by atoms with Gasteiger partial charge >= 0.3 is 0 Å². The SMILES string of the molecule is CC1CC1c1nc(Nc2cnn(C3CCOCC3)c2)c2[nH]ncc2n1. The van der Waals surface area contributed by atoms with Gasteiger partial charge in [0.1, 0.15) is 16.9 Å². The van der Waals surface area contributed by atoms with Crippen LogP contribution < -0.4 is 5.32 Å². The molecule has 3 aromatic rings. The zero-order chi connectivity index (χ0) is 16.8. The van der Waals surface area contributed by atoms with Crippen LogP contribution in [0.2, 0.25) is 0 Å². The van der Waals surface area contributed by atoms with Crippen molar-refractivity contribution in [2.75, 3.05) is 18.5 Å². The number of aromatic nitrogens is 6. The Morgan fingerprint density at radius 3 is 2.88 bits per heavy atom. The molecule has 2 aliphatic rings. The molecular weight excluding hydrogens is 318 g/mol. The molecule has 4 heterocycles. The standard InChI is InChI=1S/C17H21N7O/c1-10-6-13(10)16-21-14-8-18-23-15(14)17(22-16)20-11-7-19-24(9-11)12-2-4-25-5-3-12/h7-10,12-13H,2-6H2,1H3,(H,18,23)(H,20,21,22). The minimum absolute atomic E-state index is 0.407. The lowest BCUT2D eigenvalue weighted by Crippen LogP contribution is -2.19. The molecule has 1 saturated heterocycles. The van der Waals surface area contributed by atoms with Crippen molar-refractivity contribution in [1.82, 2.24) is 29.9 Å². The Labute approximate surface area is 145 Å². The molecule has 2 N–H and O–H groups in total. The van der Waals surface area contributed by atoms with E-state index in [0.717, 1.165) is 60.8 Å². The third kappa shape index (κ3) is 2.76. The number of ether oxygens (including phenoxy) is 1. The predicted molar refractivity (Wildman–Crippen MR) is 92.8 cm³/mol. The van der Waals surface area contributed by atoms with E-state index in [1.807, 2.05) is 17.1 Å². The number of nitrogens with one attached hydrogen (secondary N) is 2. The summed E-state index contributed by atoms with van der Waals surface area (Å²) in [5.41, 5.74) is 2.61. The van der Waals surface area contributed by atoms with Crippen LogP contribution in [0.4, 0.5) is 11.5 Å². The van der Waals surface area contributed by atoms with Crippen LogP contribution >= 0.6 is 0 Å². The maximum atomic E-state index is 5.43. The first kappa shape index (κ1) is 14.8. The second kappa shape index (κ2) is 5.80. The van der Waals surface area contributed by atoms with Gasteiger partial charge in [0, 0.05) is 25.3 Å². The third-order valence-corrected chi connectivity index (χ3v) is 5.19. The Kier molecular flexibility index (Phi) is 3.44. The number of hydrogen-bond donors (Lipinski definition) is 2. The summed E-state index contributed by atoms with van der Waals surface area (Å²) in [4.78, 5) is 9.40. The van der Waals surface area contributed by atoms with Crippen molar-refractivity contribution in [2.45, 2.75) is 38.1 Å². The smallest absolute Gasteiger partial charge is 0.160 e. The molecule has 2 atom stereocenters. The fourth-order valence-corrected chi connectivity index (χ4v) is 3.48. The number of anilines is 2. The van der Waals surface area contributed by atoms with E-state index in [1.54, 1.807) is 6.20 Å². The van der Waals surface area contributed by atoms with Crippen LogP contribution in [0.15, 0.2) is 18.6 Å². The van der Waals surface area contributed by atoms with E-state index < -0.39 is 0 Å². The molecule has 0 aromatic carbocycles. The summed E-state index contributed by atoms with van der Waals surface area (Å²) in [6, 6.07) is 0.407. The minimum Gasteiger partial charge on any atom is -0.381 e. The van der Waals surface area contributed by atoms with Gasteiger partial charge in [-0.05, 0) is 25.2 Å². The molecule has 5 rings (SSSR count). The summed E-state index contributed by atoms with van der Waals surface area (Å²) >= 11 is 0. The van der Waals surface area contributed by atoms with Crippen LogP contribution in [0.5, 0.6) is 0 Å². The lowest BCUT2D eigenvalue weighted by atomic mass is 10.1. The number of rotatable bonds is 4. The van der Waals surface area contributed by atoms with E-state index in [-0.39, 0.29) is 0 Å². The Morgan fingerprint density at radius 1 is 1.24 bits per heavy atom. The molecule has 25 heavy (non-hydrogen) atoms. The maximum absolute atomic E-state index is 5.43. The van der Waals surface area contributed by atoms with Gasteiger partial charge in [0.05, 0.1) is 24.1 Å². The Morgan fingerprint density at radius 2 is 2.08 bits per heavy atom. The second-order valence-electron chi connectivity index (χ2n) is 7.06. The van der Waals surface area contributed by atoms with Crippen LogP contribution in [-0.4, -0.2) is 43.2 Å². The van der Waals surface area contributed by atoms with Crippen molar-refractivity contribution in [3.63, 3.8) is 0 Å². The molecule has 1 aliphatic carbocycles. The van der Waals surface area contributed by atoms with Gasteiger partial charge in [-0.25, -0.2) is 9.97 Å². The average Bonchev–Trinajstić information content (AvgIpc) is 3.04. The molecule has 0 bridgehead atoms. The van der Waals surface area contributed by atoms with E-state index in [9.17, 15) is 0 Å². The Bertz CT molecular complexity index is 895. The van der Waals surface area contributed by atoms with Crippen LogP contribution in [0.25, 0.3) is 11.0 Å². The number of H-pyrrole nitrogens is 1. The molecule has 1 aliphatic heterocycles. The molecule has 2 fully saturated rings. The number of aromatic amines is 1. The van der Waals surface area contributed by atoms with Crippen LogP contribution in [-0.2, 0) is 4.74 Å². The number of nitrogens with zero attached hydrogens (tertiary/aromatic N) is 5. The van der Waals surface area contributed by atoms with Crippen molar-refractivity contribution in [3.05, 3.63) is 24.4 Å². The Hall–Kier alpha value is -2.48. The van der Waals surface area contributed by atoms with Gasteiger partial charge < -0.3 is 10.1 Å². The lowest BCUT2D eigenvalue weighted by Gasteiger charge is -2.22. The van der Waals surface area contributed by atoms with Gasteiger partial charge in [0.25, 0.3) is 0 Å². The zero-order valence-corrected chi connectivity index (χ0v) is 14.1. The highest BCUT2D eigenvalue weighted by Gasteiger charge is 2.37. The highest BCUT2D eigenvalue weighted by atomic mass is 16.5. The van der Waals surface area contributed by atoms with E-state index in [2.05, 4.69) is 32.5 Å². The van der Waals surface area contributed by atoms with Gasteiger partial charge in [-0.1, -0.05) is 6.92 Å². The van der Waals surface area contributed by atoms with E-state index in [0.29, 0.717) is 17.9 Å². The first-order valence-electron chi connectivity index (χ1n) is 8.88. The van der Waals surface area contributed by atoms with Crippen molar-refractivity contribution in [3.8, 4) is 0 Å². The van der Waals surface area contributed by atoms with Crippen molar-refractivity contribution in [1.29, 1.82) is 0 Å². The molecule has 8 heteroatoms. The molecule has 8 nitrogen and oxygen atoms in total. The predicted octanol–water partition coefficient (Wildman–Crippen LogP) is 2.77. The highest BCUT2D eigenvalue weighted by Crippen LogP contribution is 2.46. The molecule has 0 amide bonds. The quantitative estimate of drug-likeness (QED) is 0.759. The molecule has 1 saturated carbocycles. The first-order valence-corrected chi connectivity index (χ1v) is 8.88. The second-order valence-corrected chi connectivity index (χ2v) is 7.06. The number of fused-ring (bicyclic) bond motifs is 1. The highest BCUT2D eigenvalue weighted by molar-refractivity contribution is 5.86. The normalized spacial score (nSPS) is 23.9. The van der Waals surface area contributed by atoms with Gasteiger partial charge in [0.2, 0.25) is 0 Å². The van der Waals surface area contributed by atoms with E-state index >= 15 is 0 Å². The zero-order valence-electron chi connectivity index (χ0n) is 14.1. The largest absolute Gasteiger partial charge is 0.381 e.